The highest BCUT2D eigenvalue weighted by atomic mass is 28.3. The molecular formula is C27H35N3O7Si. The molecule has 3 amide bonds. The van der Waals surface area contributed by atoms with E-state index in [9.17, 15) is 24.6 Å². The number of rotatable bonds is 5. The Morgan fingerprint density at radius 1 is 1.05 bits per heavy atom. The van der Waals surface area contributed by atoms with E-state index in [4.69, 9.17) is 9.47 Å². The summed E-state index contributed by atoms with van der Waals surface area (Å²) in [5.41, 5.74) is 0.994. The lowest BCUT2D eigenvalue weighted by Gasteiger charge is -2.39. The van der Waals surface area contributed by atoms with Crippen molar-refractivity contribution in [2.75, 3.05) is 32.8 Å². The molecule has 2 aromatic carbocycles. The second kappa shape index (κ2) is 11.5. The van der Waals surface area contributed by atoms with Crippen LogP contribution >= 0.6 is 0 Å². The standard InChI is InChI=1S/C27H35N3O7Si/c1-27(2,3)37-26(35)30-16-21-14-22(31)9-8-20(21)17-38(30)23(32)15-28-24(33)18-4-6-19(7-5-18)25(34)29-10-12-36-13-11-29/h4-9,14,23,31-32,38H,10-13,15-17H2,1-3H3,(H,28,33)/t23-,38-/m0/s1. The molecule has 3 N–H and O–H groups in total. The summed E-state index contributed by atoms with van der Waals surface area (Å²) in [4.78, 5) is 40.2. The number of nitrogens with zero attached hydrogens (tertiary/aromatic N) is 2. The van der Waals surface area contributed by atoms with E-state index >= 15 is 0 Å². The zero-order valence-electron chi connectivity index (χ0n) is 22.0. The fraction of sp³-hybridized carbons (Fsp3) is 0.444. The van der Waals surface area contributed by atoms with Crippen LogP contribution < -0.4 is 5.32 Å². The monoisotopic (exact) mass is 541 g/mol. The van der Waals surface area contributed by atoms with Crippen molar-refractivity contribution < 1.29 is 34.1 Å². The van der Waals surface area contributed by atoms with Gasteiger partial charge in [-0.2, -0.15) is 0 Å². The predicted molar refractivity (Wildman–Crippen MR) is 142 cm³/mol. The van der Waals surface area contributed by atoms with E-state index < -0.39 is 26.4 Å². The van der Waals surface area contributed by atoms with E-state index in [1.165, 1.54) is 0 Å². The molecule has 1 saturated heterocycles. The molecule has 0 saturated carbocycles. The Morgan fingerprint density at radius 2 is 1.71 bits per heavy atom. The molecule has 2 atom stereocenters. The van der Waals surface area contributed by atoms with Crippen molar-refractivity contribution >= 4 is 26.9 Å². The normalized spacial score (nSPS) is 18.4. The van der Waals surface area contributed by atoms with Crippen molar-refractivity contribution in [2.45, 2.75) is 44.7 Å². The number of phenolic OH excluding ortho intramolecular Hbond substituents is 1. The summed E-state index contributed by atoms with van der Waals surface area (Å²) >= 11 is 0. The number of aromatic hydroxyl groups is 1. The number of fused-ring (bicyclic) bond motifs is 1. The molecular weight excluding hydrogens is 506 g/mol. The van der Waals surface area contributed by atoms with Crippen molar-refractivity contribution in [3.05, 3.63) is 64.7 Å². The van der Waals surface area contributed by atoms with Crippen LogP contribution in [0.5, 0.6) is 5.75 Å². The maximum atomic E-state index is 13.0. The fourth-order valence-corrected chi connectivity index (χ4v) is 7.51. The van der Waals surface area contributed by atoms with Crippen molar-refractivity contribution in [1.82, 2.24) is 14.8 Å². The summed E-state index contributed by atoms with van der Waals surface area (Å²) in [6.07, 6.45) is -0.519. The van der Waals surface area contributed by atoms with Crippen LogP contribution in [0.2, 0.25) is 0 Å². The van der Waals surface area contributed by atoms with Gasteiger partial charge >= 0.3 is 6.09 Å². The van der Waals surface area contributed by atoms with Crippen molar-refractivity contribution in [3.8, 4) is 5.75 Å². The zero-order valence-corrected chi connectivity index (χ0v) is 23.1. The largest absolute Gasteiger partial charge is 0.508 e. The van der Waals surface area contributed by atoms with Gasteiger partial charge < -0.3 is 34.5 Å². The average molecular weight is 542 g/mol. The quantitative estimate of drug-likeness (QED) is 0.492. The third kappa shape index (κ3) is 6.71. The number of carbonyl (C=O) groups is 3. The van der Waals surface area contributed by atoms with Crippen LogP contribution in [0.25, 0.3) is 0 Å². The first-order chi connectivity index (χ1) is 18.0. The Bertz CT molecular complexity index is 1180. The molecule has 0 spiro atoms. The average Bonchev–Trinajstić information content (AvgIpc) is 2.90. The summed E-state index contributed by atoms with van der Waals surface area (Å²) in [7, 11) is -2.37. The number of aliphatic hydroxyl groups is 1. The third-order valence-corrected chi connectivity index (χ3v) is 9.77. The Kier molecular flexibility index (Phi) is 8.39. The highest BCUT2D eigenvalue weighted by molar-refractivity contribution is 6.59. The number of amides is 3. The summed E-state index contributed by atoms with van der Waals surface area (Å²) in [6.45, 7) is 7.63. The minimum atomic E-state index is -2.37. The van der Waals surface area contributed by atoms with Crippen LogP contribution in [0.4, 0.5) is 4.79 Å². The van der Waals surface area contributed by atoms with Crippen LogP contribution in [-0.4, -0.2) is 90.7 Å². The number of carbonyl (C=O) groups excluding carboxylic acids is 3. The molecule has 204 valence electrons. The second-order valence-electron chi connectivity index (χ2n) is 10.6. The molecule has 0 aliphatic carbocycles. The lowest BCUT2D eigenvalue weighted by molar-refractivity contribution is 0.0302. The van der Waals surface area contributed by atoms with Gasteiger partial charge in [-0.25, -0.2) is 4.79 Å². The number of hydrogen-bond acceptors (Lipinski definition) is 7. The first-order valence-electron chi connectivity index (χ1n) is 12.8. The predicted octanol–water partition coefficient (Wildman–Crippen LogP) is 1.75. The lowest BCUT2D eigenvalue weighted by Crippen LogP contribution is -2.58. The molecule has 0 aromatic heterocycles. The zero-order chi connectivity index (χ0) is 27.4. The maximum absolute atomic E-state index is 13.0. The summed E-state index contributed by atoms with van der Waals surface area (Å²) in [5, 5.41) is 23.8. The Balaban J connectivity index is 1.41. The van der Waals surface area contributed by atoms with Gasteiger partial charge in [0.2, 0.25) is 0 Å². The van der Waals surface area contributed by atoms with Gasteiger partial charge in [-0.05, 0) is 74.3 Å². The minimum Gasteiger partial charge on any atom is -0.508 e. The fourth-order valence-electron chi connectivity index (χ4n) is 4.61. The minimum absolute atomic E-state index is 0.0309. The Morgan fingerprint density at radius 3 is 2.37 bits per heavy atom. The third-order valence-electron chi connectivity index (χ3n) is 6.60. The molecule has 38 heavy (non-hydrogen) atoms. The summed E-state index contributed by atoms with van der Waals surface area (Å²) in [6, 6.07) is 11.9. The van der Waals surface area contributed by atoms with Gasteiger partial charge in [-0.1, -0.05) is 6.07 Å². The highest BCUT2D eigenvalue weighted by Crippen LogP contribution is 2.27. The molecule has 2 aliphatic heterocycles. The topological polar surface area (TPSA) is 129 Å². The van der Waals surface area contributed by atoms with Crippen molar-refractivity contribution in [3.63, 3.8) is 0 Å². The van der Waals surface area contributed by atoms with Crippen LogP contribution in [0.15, 0.2) is 42.5 Å². The van der Waals surface area contributed by atoms with E-state index in [1.54, 1.807) is 66.6 Å². The first-order valence-corrected chi connectivity index (χ1v) is 14.8. The molecule has 0 radical (unpaired) electrons. The number of phenols is 1. The van der Waals surface area contributed by atoms with E-state index in [0.717, 1.165) is 11.1 Å². The molecule has 2 heterocycles. The smallest absolute Gasteiger partial charge is 0.402 e. The van der Waals surface area contributed by atoms with Gasteiger partial charge in [0.25, 0.3) is 11.8 Å². The van der Waals surface area contributed by atoms with Gasteiger partial charge in [-0.15, -0.1) is 0 Å². The van der Waals surface area contributed by atoms with E-state index in [0.29, 0.717) is 43.5 Å². The van der Waals surface area contributed by atoms with Crippen molar-refractivity contribution in [1.29, 1.82) is 0 Å². The first kappa shape index (κ1) is 27.6. The Labute approximate surface area is 223 Å². The Hall–Kier alpha value is -3.41. The van der Waals surface area contributed by atoms with Gasteiger partial charge in [-0.3, -0.25) is 9.59 Å². The van der Waals surface area contributed by atoms with Crippen LogP contribution in [0.3, 0.4) is 0 Å². The van der Waals surface area contributed by atoms with Gasteiger partial charge in [0.1, 0.15) is 11.4 Å². The number of ether oxygens (including phenoxy) is 2. The molecule has 1 fully saturated rings. The molecule has 11 heteroatoms. The lowest BCUT2D eigenvalue weighted by atomic mass is 10.1. The number of morpholine rings is 1. The molecule has 0 unspecified atom stereocenters. The number of aliphatic hydroxyl groups excluding tert-OH is 1. The second-order valence-corrected chi connectivity index (χ2v) is 13.5. The number of hydrogen-bond donors (Lipinski definition) is 3. The van der Waals surface area contributed by atoms with Gasteiger partial charge in [0, 0.05) is 37.3 Å². The molecule has 4 rings (SSSR count). The maximum Gasteiger partial charge on any atom is 0.402 e. The number of nitrogens with one attached hydrogen (secondary N) is 1. The SMILES string of the molecule is CC(C)(C)OC(=O)N1Cc2cc(O)ccc2C[Si@H]1[C@H](O)CNC(=O)c1ccc(C(=O)N2CCOCC2)cc1. The van der Waals surface area contributed by atoms with Gasteiger partial charge in [0.15, 0.2) is 8.96 Å². The van der Waals surface area contributed by atoms with Crippen LogP contribution in [0, 0.1) is 0 Å². The van der Waals surface area contributed by atoms with E-state index in [-0.39, 0.29) is 30.7 Å². The number of benzene rings is 2. The molecule has 2 aliphatic rings. The van der Waals surface area contributed by atoms with Gasteiger partial charge in [0.05, 0.1) is 18.9 Å². The van der Waals surface area contributed by atoms with E-state index in [1.807, 2.05) is 6.07 Å². The summed E-state index contributed by atoms with van der Waals surface area (Å²) in [5.74, 6) is -0.373. The highest BCUT2D eigenvalue weighted by Gasteiger charge is 2.38. The summed E-state index contributed by atoms with van der Waals surface area (Å²) < 4.78 is 12.5. The molecule has 2 aromatic rings. The molecule has 0 bridgehead atoms. The molecule has 10 nitrogen and oxygen atoms in total. The van der Waals surface area contributed by atoms with Crippen molar-refractivity contribution in [2.24, 2.45) is 0 Å². The van der Waals surface area contributed by atoms with Crippen LogP contribution in [-0.2, 0) is 22.1 Å². The van der Waals surface area contributed by atoms with E-state index in [2.05, 4.69) is 5.32 Å². The van der Waals surface area contributed by atoms with Crippen LogP contribution in [0.1, 0.15) is 52.6 Å².